The van der Waals surface area contributed by atoms with Crippen molar-refractivity contribution in [1.82, 2.24) is 5.32 Å². The molecule has 3 heteroatoms. The number of carbonyl (C=O) groups is 2. The van der Waals surface area contributed by atoms with Crippen molar-refractivity contribution >= 4 is 11.7 Å². The van der Waals surface area contributed by atoms with E-state index in [9.17, 15) is 9.59 Å². The first-order valence-electron chi connectivity index (χ1n) is 4.46. The lowest BCUT2D eigenvalue weighted by atomic mass is 9.99. The van der Waals surface area contributed by atoms with Crippen LogP contribution in [0.25, 0.3) is 0 Å². The molecule has 14 heavy (non-hydrogen) atoms. The van der Waals surface area contributed by atoms with Gasteiger partial charge in [-0.05, 0) is 24.1 Å². The number of rotatable bonds is 3. The minimum Gasteiger partial charge on any atom is -0.359 e. The Morgan fingerprint density at radius 2 is 2.21 bits per heavy atom. The molecule has 0 atom stereocenters. The molecule has 0 unspecified atom stereocenters. The lowest BCUT2D eigenvalue weighted by Crippen LogP contribution is -2.17. The van der Waals surface area contributed by atoms with Crippen molar-refractivity contribution in [3.63, 3.8) is 0 Å². The molecule has 0 radical (unpaired) electrons. The molecule has 1 amide bonds. The normalized spacial score (nSPS) is 15.4. The van der Waals surface area contributed by atoms with E-state index in [2.05, 4.69) is 11.9 Å². The molecule has 0 saturated heterocycles. The molecule has 0 aromatic rings. The highest BCUT2D eigenvalue weighted by Gasteiger charge is 2.08. The Kier molecular flexibility index (Phi) is 3.40. The summed E-state index contributed by atoms with van der Waals surface area (Å²) >= 11 is 0. The zero-order valence-electron chi connectivity index (χ0n) is 8.17. The van der Waals surface area contributed by atoms with E-state index >= 15 is 0 Å². The minimum atomic E-state index is -0.0614. The molecule has 1 aliphatic rings. The molecule has 0 saturated carbocycles. The lowest BCUT2D eigenvalue weighted by molar-refractivity contribution is -0.120. The van der Waals surface area contributed by atoms with Crippen LogP contribution in [0.2, 0.25) is 0 Å². The van der Waals surface area contributed by atoms with Gasteiger partial charge in [-0.15, -0.1) is 0 Å². The van der Waals surface area contributed by atoms with Gasteiger partial charge in [-0.3, -0.25) is 9.59 Å². The summed E-state index contributed by atoms with van der Waals surface area (Å²) in [5.74, 6) is -0.0597. The van der Waals surface area contributed by atoms with Crippen LogP contribution in [0.1, 0.15) is 12.8 Å². The summed E-state index contributed by atoms with van der Waals surface area (Å²) in [6, 6.07) is 0. The van der Waals surface area contributed by atoms with Gasteiger partial charge in [-0.2, -0.15) is 0 Å². The third kappa shape index (κ3) is 2.69. The van der Waals surface area contributed by atoms with Gasteiger partial charge in [-0.1, -0.05) is 12.7 Å². The Hall–Kier alpha value is -1.64. The van der Waals surface area contributed by atoms with E-state index in [1.165, 1.54) is 6.08 Å². The van der Waals surface area contributed by atoms with E-state index in [4.69, 9.17) is 0 Å². The van der Waals surface area contributed by atoms with Crippen LogP contribution in [0.3, 0.4) is 0 Å². The molecule has 0 spiro atoms. The van der Waals surface area contributed by atoms with Crippen molar-refractivity contribution in [1.29, 1.82) is 0 Å². The highest BCUT2D eigenvalue weighted by Crippen LogP contribution is 2.15. The molecule has 3 nitrogen and oxygen atoms in total. The molecule has 0 fully saturated rings. The maximum Gasteiger partial charge on any atom is 0.220 e. The molecular weight excluding hydrogens is 178 g/mol. The molecule has 0 heterocycles. The van der Waals surface area contributed by atoms with Crippen LogP contribution in [-0.4, -0.2) is 18.7 Å². The zero-order valence-corrected chi connectivity index (χ0v) is 8.17. The second kappa shape index (κ2) is 4.56. The van der Waals surface area contributed by atoms with Crippen LogP contribution in [-0.2, 0) is 9.59 Å². The fourth-order valence-corrected chi connectivity index (χ4v) is 1.17. The van der Waals surface area contributed by atoms with Crippen LogP contribution in [0.4, 0.5) is 0 Å². The SMILES string of the molecule is C=C1C=C(CCC(=O)NC)C=CC1=O. The van der Waals surface area contributed by atoms with E-state index in [0.29, 0.717) is 18.4 Å². The number of ketones is 1. The molecule has 1 rings (SSSR count). The third-order valence-corrected chi connectivity index (χ3v) is 2.04. The predicted molar refractivity (Wildman–Crippen MR) is 54.7 cm³/mol. The third-order valence-electron chi connectivity index (χ3n) is 2.04. The zero-order chi connectivity index (χ0) is 10.6. The topological polar surface area (TPSA) is 46.2 Å². The maximum atomic E-state index is 11.0. The van der Waals surface area contributed by atoms with Crippen LogP contribution >= 0.6 is 0 Å². The van der Waals surface area contributed by atoms with Gasteiger partial charge in [0.2, 0.25) is 5.91 Å². The highest BCUT2D eigenvalue weighted by molar-refractivity contribution is 6.07. The average molecular weight is 191 g/mol. The molecule has 1 N–H and O–H groups in total. The number of nitrogens with one attached hydrogen (secondary N) is 1. The molecule has 1 aliphatic carbocycles. The van der Waals surface area contributed by atoms with Crippen molar-refractivity contribution in [3.05, 3.63) is 36.0 Å². The first-order valence-corrected chi connectivity index (χ1v) is 4.46. The van der Waals surface area contributed by atoms with E-state index in [-0.39, 0.29) is 11.7 Å². The Bertz CT molecular complexity index is 337. The predicted octanol–water partition coefficient (Wildman–Crippen LogP) is 1.13. The summed E-state index contributed by atoms with van der Waals surface area (Å²) in [4.78, 5) is 22.0. The highest BCUT2D eigenvalue weighted by atomic mass is 16.1. The average Bonchev–Trinajstić information content (AvgIpc) is 2.19. The van der Waals surface area contributed by atoms with Gasteiger partial charge >= 0.3 is 0 Å². The molecule has 74 valence electrons. The summed E-state index contributed by atoms with van der Waals surface area (Å²) in [5, 5.41) is 2.54. The minimum absolute atomic E-state index is 0.00168. The van der Waals surface area contributed by atoms with Crippen molar-refractivity contribution < 1.29 is 9.59 Å². The quantitative estimate of drug-likeness (QED) is 0.680. The van der Waals surface area contributed by atoms with E-state index in [1.807, 2.05) is 0 Å². The maximum absolute atomic E-state index is 11.0. The summed E-state index contributed by atoms with van der Waals surface area (Å²) in [5.41, 5.74) is 1.46. The van der Waals surface area contributed by atoms with Crippen molar-refractivity contribution in [2.45, 2.75) is 12.8 Å². The van der Waals surface area contributed by atoms with E-state index in [1.54, 1.807) is 19.2 Å². The van der Waals surface area contributed by atoms with Gasteiger partial charge in [0.1, 0.15) is 0 Å². The molecule has 0 bridgehead atoms. The van der Waals surface area contributed by atoms with Crippen molar-refractivity contribution in [2.75, 3.05) is 7.05 Å². The van der Waals surface area contributed by atoms with Crippen LogP contribution < -0.4 is 5.32 Å². The molecule has 0 aliphatic heterocycles. The first kappa shape index (κ1) is 10.4. The number of hydrogen-bond acceptors (Lipinski definition) is 2. The molecule has 0 aromatic carbocycles. The summed E-state index contributed by atoms with van der Waals surface area (Å²) < 4.78 is 0. The Balaban J connectivity index is 2.51. The Labute approximate surface area is 83.2 Å². The molecular formula is C11H13NO2. The van der Waals surface area contributed by atoms with Gasteiger partial charge < -0.3 is 5.32 Å². The van der Waals surface area contributed by atoms with Gasteiger partial charge in [0.15, 0.2) is 5.78 Å². The van der Waals surface area contributed by atoms with E-state index in [0.717, 1.165) is 5.57 Å². The monoisotopic (exact) mass is 191 g/mol. The van der Waals surface area contributed by atoms with E-state index < -0.39 is 0 Å². The number of allylic oxidation sites excluding steroid dienone is 5. The van der Waals surface area contributed by atoms with Crippen molar-refractivity contribution in [2.24, 2.45) is 0 Å². The standard InChI is InChI=1S/C11H13NO2/c1-8-7-9(3-5-10(8)13)4-6-11(14)12-2/h3,5,7H,1,4,6H2,2H3,(H,12,14). The summed E-state index contributed by atoms with van der Waals surface area (Å²) in [6.45, 7) is 3.61. The first-order chi connectivity index (χ1) is 6.63. The lowest BCUT2D eigenvalue weighted by Gasteiger charge is -2.07. The Morgan fingerprint density at radius 1 is 1.50 bits per heavy atom. The van der Waals surface area contributed by atoms with Crippen LogP contribution in [0.5, 0.6) is 0 Å². The summed E-state index contributed by atoms with van der Waals surface area (Å²) in [6.07, 6.45) is 6.03. The van der Waals surface area contributed by atoms with Gasteiger partial charge in [0, 0.05) is 19.0 Å². The summed E-state index contributed by atoms with van der Waals surface area (Å²) in [7, 11) is 1.61. The van der Waals surface area contributed by atoms with Gasteiger partial charge in [0.05, 0.1) is 0 Å². The van der Waals surface area contributed by atoms with Gasteiger partial charge in [-0.25, -0.2) is 0 Å². The van der Waals surface area contributed by atoms with Crippen LogP contribution in [0, 0.1) is 0 Å². The smallest absolute Gasteiger partial charge is 0.220 e. The molecule has 0 aromatic heterocycles. The fraction of sp³-hybridized carbons (Fsp3) is 0.273. The van der Waals surface area contributed by atoms with Crippen molar-refractivity contribution in [3.8, 4) is 0 Å². The Morgan fingerprint density at radius 3 is 2.79 bits per heavy atom. The number of carbonyl (C=O) groups excluding carboxylic acids is 2. The number of amides is 1. The number of hydrogen-bond donors (Lipinski definition) is 1. The fourth-order valence-electron chi connectivity index (χ4n) is 1.17. The van der Waals surface area contributed by atoms with Crippen LogP contribution in [0.15, 0.2) is 36.0 Å². The second-order valence-electron chi connectivity index (χ2n) is 3.12. The largest absolute Gasteiger partial charge is 0.359 e. The van der Waals surface area contributed by atoms with Gasteiger partial charge in [0.25, 0.3) is 0 Å². The second-order valence-corrected chi connectivity index (χ2v) is 3.12.